The van der Waals surface area contributed by atoms with Gasteiger partial charge < -0.3 is 4.74 Å². The van der Waals surface area contributed by atoms with E-state index in [0.717, 1.165) is 12.8 Å². The molecular weight excluding hydrogens is 166 g/mol. The highest BCUT2D eigenvalue weighted by molar-refractivity contribution is 5.80. The molecule has 0 saturated heterocycles. The minimum atomic E-state index is -0.538. The summed E-state index contributed by atoms with van der Waals surface area (Å²) in [6.07, 6.45) is 1.75. The zero-order valence-corrected chi connectivity index (χ0v) is 9.31. The number of nitrogens with one attached hydrogen (secondary N) is 1. The monoisotopic (exact) mass is 187 g/mol. The second-order valence-corrected chi connectivity index (χ2v) is 3.63. The van der Waals surface area contributed by atoms with Gasteiger partial charge in [-0.05, 0) is 26.7 Å². The van der Waals surface area contributed by atoms with Crippen LogP contribution < -0.4 is 5.32 Å². The Balaban J connectivity index is 4.35. The van der Waals surface area contributed by atoms with Crippen molar-refractivity contribution in [1.82, 2.24) is 5.32 Å². The van der Waals surface area contributed by atoms with Crippen molar-refractivity contribution in [3.8, 4) is 0 Å². The molecule has 0 aliphatic rings. The summed E-state index contributed by atoms with van der Waals surface area (Å²) in [6, 6.07) is 0.337. The van der Waals surface area contributed by atoms with Crippen LogP contribution in [0.5, 0.6) is 0 Å². The van der Waals surface area contributed by atoms with E-state index in [0.29, 0.717) is 6.04 Å². The molecule has 0 heterocycles. The summed E-state index contributed by atoms with van der Waals surface area (Å²) in [5.74, 6) is -0.185. The van der Waals surface area contributed by atoms with Gasteiger partial charge in [0.25, 0.3) is 0 Å². The third-order valence-corrected chi connectivity index (χ3v) is 2.52. The maximum absolute atomic E-state index is 11.4. The first-order chi connectivity index (χ1) is 6.00. The average Bonchev–Trinajstić information content (AvgIpc) is 2.15. The molecule has 13 heavy (non-hydrogen) atoms. The third kappa shape index (κ3) is 3.35. The Kier molecular flexibility index (Phi) is 4.99. The highest BCUT2D eigenvalue weighted by atomic mass is 16.5. The molecule has 0 rings (SSSR count). The van der Waals surface area contributed by atoms with E-state index in [4.69, 9.17) is 4.74 Å². The van der Waals surface area contributed by atoms with E-state index < -0.39 is 5.54 Å². The summed E-state index contributed by atoms with van der Waals surface area (Å²) in [6.45, 7) is 8.01. The molecule has 0 aliphatic carbocycles. The predicted molar refractivity (Wildman–Crippen MR) is 53.6 cm³/mol. The zero-order valence-electron chi connectivity index (χ0n) is 9.31. The van der Waals surface area contributed by atoms with E-state index in [1.54, 1.807) is 0 Å². The fourth-order valence-electron chi connectivity index (χ4n) is 1.18. The zero-order chi connectivity index (χ0) is 10.5. The van der Waals surface area contributed by atoms with Crippen LogP contribution in [0.4, 0.5) is 0 Å². The largest absolute Gasteiger partial charge is 0.468 e. The number of ether oxygens (including phenoxy) is 1. The Bertz CT molecular complexity index is 170. The highest BCUT2D eigenvalue weighted by Gasteiger charge is 2.32. The van der Waals surface area contributed by atoms with Gasteiger partial charge in [-0.1, -0.05) is 13.8 Å². The Morgan fingerprint density at radius 2 is 2.08 bits per heavy atom. The first-order valence-corrected chi connectivity index (χ1v) is 4.86. The van der Waals surface area contributed by atoms with Gasteiger partial charge in [0.1, 0.15) is 5.54 Å². The van der Waals surface area contributed by atoms with Crippen molar-refractivity contribution >= 4 is 5.97 Å². The summed E-state index contributed by atoms with van der Waals surface area (Å²) in [5, 5.41) is 3.27. The molecule has 1 N–H and O–H groups in total. The van der Waals surface area contributed by atoms with Crippen molar-refractivity contribution < 1.29 is 9.53 Å². The van der Waals surface area contributed by atoms with Crippen LogP contribution in [0.2, 0.25) is 0 Å². The minimum absolute atomic E-state index is 0.185. The Morgan fingerprint density at radius 3 is 2.38 bits per heavy atom. The summed E-state index contributed by atoms with van der Waals surface area (Å²) in [4.78, 5) is 11.4. The number of hydrogen-bond donors (Lipinski definition) is 1. The van der Waals surface area contributed by atoms with E-state index in [1.807, 2.05) is 13.8 Å². The van der Waals surface area contributed by atoms with Crippen LogP contribution in [0.3, 0.4) is 0 Å². The molecule has 78 valence electrons. The molecule has 3 nitrogen and oxygen atoms in total. The van der Waals surface area contributed by atoms with Gasteiger partial charge in [-0.2, -0.15) is 0 Å². The first-order valence-electron chi connectivity index (χ1n) is 4.86. The molecule has 0 fully saturated rings. The maximum atomic E-state index is 11.4. The number of hydrogen-bond acceptors (Lipinski definition) is 3. The van der Waals surface area contributed by atoms with Gasteiger partial charge in [-0.3, -0.25) is 10.1 Å². The van der Waals surface area contributed by atoms with Crippen LogP contribution in [-0.2, 0) is 9.53 Å². The standard InChI is InChI=1S/C10H21NO2/c1-6-8(3)11-10(4,7-2)9(12)13-5/h8,11H,6-7H2,1-5H3. The van der Waals surface area contributed by atoms with Crippen molar-refractivity contribution in [3.05, 3.63) is 0 Å². The third-order valence-electron chi connectivity index (χ3n) is 2.52. The van der Waals surface area contributed by atoms with E-state index in [-0.39, 0.29) is 5.97 Å². The molecule has 0 bridgehead atoms. The normalized spacial score (nSPS) is 17.6. The molecular formula is C10H21NO2. The van der Waals surface area contributed by atoms with Crippen LogP contribution in [0, 0.1) is 0 Å². The SMILES string of the molecule is CCC(C)NC(C)(CC)C(=O)OC. The molecule has 0 radical (unpaired) electrons. The molecule has 0 aliphatic heterocycles. The van der Waals surface area contributed by atoms with Crippen molar-refractivity contribution in [2.75, 3.05) is 7.11 Å². The van der Waals surface area contributed by atoms with Gasteiger partial charge in [-0.25, -0.2) is 0 Å². The van der Waals surface area contributed by atoms with Crippen molar-refractivity contribution in [1.29, 1.82) is 0 Å². The van der Waals surface area contributed by atoms with Crippen LogP contribution in [0.25, 0.3) is 0 Å². The molecule has 3 heteroatoms. The van der Waals surface area contributed by atoms with Crippen LogP contribution in [0.1, 0.15) is 40.5 Å². The fraction of sp³-hybridized carbons (Fsp3) is 0.900. The summed E-state index contributed by atoms with van der Waals surface area (Å²) >= 11 is 0. The van der Waals surface area contributed by atoms with Crippen molar-refractivity contribution in [3.63, 3.8) is 0 Å². The van der Waals surface area contributed by atoms with E-state index in [9.17, 15) is 4.79 Å². The number of esters is 1. The van der Waals surface area contributed by atoms with Gasteiger partial charge >= 0.3 is 5.97 Å². The maximum Gasteiger partial charge on any atom is 0.325 e. The lowest BCUT2D eigenvalue weighted by atomic mass is 9.97. The lowest BCUT2D eigenvalue weighted by molar-refractivity contribution is -0.148. The molecule has 0 saturated carbocycles. The lowest BCUT2D eigenvalue weighted by Gasteiger charge is -2.29. The van der Waals surface area contributed by atoms with Crippen molar-refractivity contribution in [2.45, 2.75) is 52.1 Å². The molecule has 0 aromatic carbocycles. The summed E-state index contributed by atoms with van der Waals surface area (Å²) in [5.41, 5.74) is -0.538. The molecule has 2 atom stereocenters. The van der Waals surface area contributed by atoms with Crippen LogP contribution in [0.15, 0.2) is 0 Å². The van der Waals surface area contributed by atoms with Gasteiger partial charge in [0.15, 0.2) is 0 Å². The number of carbonyl (C=O) groups excluding carboxylic acids is 1. The predicted octanol–water partition coefficient (Wildman–Crippen LogP) is 1.72. The topological polar surface area (TPSA) is 38.3 Å². The first kappa shape index (κ1) is 12.4. The van der Waals surface area contributed by atoms with Gasteiger partial charge in [-0.15, -0.1) is 0 Å². The smallest absolute Gasteiger partial charge is 0.325 e. The molecule has 0 spiro atoms. The van der Waals surface area contributed by atoms with Crippen LogP contribution >= 0.6 is 0 Å². The lowest BCUT2D eigenvalue weighted by Crippen LogP contribution is -2.53. The van der Waals surface area contributed by atoms with Gasteiger partial charge in [0, 0.05) is 6.04 Å². The molecule has 0 aromatic rings. The van der Waals surface area contributed by atoms with Gasteiger partial charge in [0.05, 0.1) is 7.11 Å². The minimum Gasteiger partial charge on any atom is -0.468 e. The van der Waals surface area contributed by atoms with E-state index in [2.05, 4.69) is 19.2 Å². The average molecular weight is 187 g/mol. The second-order valence-electron chi connectivity index (χ2n) is 3.63. The Hall–Kier alpha value is -0.570. The second kappa shape index (κ2) is 5.22. The number of carbonyl (C=O) groups is 1. The van der Waals surface area contributed by atoms with Gasteiger partial charge in [0.2, 0.25) is 0 Å². The van der Waals surface area contributed by atoms with E-state index >= 15 is 0 Å². The summed E-state index contributed by atoms with van der Waals surface area (Å²) < 4.78 is 4.75. The number of methoxy groups -OCH3 is 1. The number of rotatable bonds is 5. The Morgan fingerprint density at radius 1 is 1.54 bits per heavy atom. The molecule has 0 aromatic heterocycles. The van der Waals surface area contributed by atoms with E-state index in [1.165, 1.54) is 7.11 Å². The summed E-state index contributed by atoms with van der Waals surface area (Å²) in [7, 11) is 1.43. The quantitative estimate of drug-likeness (QED) is 0.666. The highest BCUT2D eigenvalue weighted by Crippen LogP contribution is 2.13. The molecule has 0 amide bonds. The Labute approximate surface area is 80.8 Å². The van der Waals surface area contributed by atoms with Crippen LogP contribution in [-0.4, -0.2) is 24.7 Å². The van der Waals surface area contributed by atoms with Crippen molar-refractivity contribution in [2.24, 2.45) is 0 Å². The fourth-order valence-corrected chi connectivity index (χ4v) is 1.18. The molecule has 2 unspecified atom stereocenters.